The van der Waals surface area contributed by atoms with E-state index in [1.165, 1.54) is 5.56 Å². The first-order valence-corrected chi connectivity index (χ1v) is 8.78. The van der Waals surface area contributed by atoms with E-state index in [0.717, 1.165) is 46.5 Å². The average Bonchev–Trinajstić information content (AvgIpc) is 2.66. The largest absolute Gasteiger partial charge is 0.453 e. The molecule has 0 aliphatic carbocycles. The number of anilines is 3. The molecule has 0 saturated heterocycles. The second kappa shape index (κ2) is 5.28. The van der Waals surface area contributed by atoms with Gasteiger partial charge >= 0.3 is 0 Å². The lowest BCUT2D eigenvalue weighted by Crippen LogP contribution is -2.20. The van der Waals surface area contributed by atoms with E-state index in [2.05, 4.69) is 43.0 Å². The van der Waals surface area contributed by atoms with E-state index in [0.29, 0.717) is 5.92 Å². The molecule has 1 unspecified atom stereocenters. The standard InChI is InChI=1S/C22H19NO2/c1-3-14(2)15-11-12-17-21(13-15)25-20-10-6-9-19-22(20)23(17)16-7-4-5-8-18(16)24-19/h4-14H,3H2,1-2H3. The van der Waals surface area contributed by atoms with Crippen LogP contribution in [0.25, 0.3) is 0 Å². The minimum absolute atomic E-state index is 0.513. The minimum atomic E-state index is 0.513. The summed E-state index contributed by atoms with van der Waals surface area (Å²) >= 11 is 0. The second-order valence-corrected chi connectivity index (χ2v) is 6.65. The van der Waals surface area contributed by atoms with Gasteiger partial charge < -0.3 is 9.47 Å². The van der Waals surface area contributed by atoms with Crippen molar-refractivity contribution < 1.29 is 9.47 Å². The van der Waals surface area contributed by atoms with Gasteiger partial charge in [0.1, 0.15) is 5.69 Å². The van der Waals surface area contributed by atoms with Crippen LogP contribution < -0.4 is 14.4 Å². The Morgan fingerprint density at radius 2 is 1.48 bits per heavy atom. The smallest absolute Gasteiger partial charge is 0.155 e. The Morgan fingerprint density at radius 3 is 2.28 bits per heavy atom. The zero-order chi connectivity index (χ0) is 17.0. The van der Waals surface area contributed by atoms with Crippen molar-refractivity contribution >= 4 is 17.1 Å². The van der Waals surface area contributed by atoms with Crippen molar-refractivity contribution in [2.24, 2.45) is 0 Å². The van der Waals surface area contributed by atoms with Gasteiger partial charge in [0.15, 0.2) is 23.0 Å². The maximum absolute atomic E-state index is 6.25. The van der Waals surface area contributed by atoms with Crippen molar-refractivity contribution in [2.75, 3.05) is 4.90 Å². The third kappa shape index (κ3) is 2.05. The zero-order valence-corrected chi connectivity index (χ0v) is 14.3. The molecule has 0 spiro atoms. The summed E-state index contributed by atoms with van der Waals surface area (Å²) in [5.74, 6) is 3.94. The number of fused-ring (bicyclic) bond motifs is 4. The summed E-state index contributed by atoms with van der Waals surface area (Å²) in [5, 5.41) is 0. The maximum Gasteiger partial charge on any atom is 0.155 e. The molecule has 0 N–H and O–H groups in total. The van der Waals surface area contributed by atoms with Crippen molar-refractivity contribution in [2.45, 2.75) is 26.2 Å². The van der Waals surface area contributed by atoms with Crippen LogP contribution in [-0.4, -0.2) is 0 Å². The molecule has 0 saturated carbocycles. The fourth-order valence-corrected chi connectivity index (χ4v) is 3.56. The summed E-state index contributed by atoms with van der Waals surface area (Å²) in [5.41, 5.74) is 4.39. The minimum Gasteiger partial charge on any atom is -0.453 e. The van der Waals surface area contributed by atoms with Crippen LogP contribution in [0.15, 0.2) is 60.7 Å². The van der Waals surface area contributed by atoms with E-state index in [9.17, 15) is 0 Å². The Kier molecular flexibility index (Phi) is 3.04. The number of hydrogen-bond acceptors (Lipinski definition) is 3. The maximum atomic E-state index is 6.25. The predicted octanol–water partition coefficient (Wildman–Crippen LogP) is 6.88. The lowest BCUT2D eigenvalue weighted by atomic mass is 9.97. The van der Waals surface area contributed by atoms with Crippen molar-refractivity contribution in [1.29, 1.82) is 0 Å². The molecule has 124 valence electrons. The van der Waals surface area contributed by atoms with Crippen LogP contribution in [0.1, 0.15) is 31.7 Å². The Morgan fingerprint density at radius 1 is 0.800 bits per heavy atom. The fourth-order valence-electron chi connectivity index (χ4n) is 3.56. The molecule has 0 aromatic heterocycles. The molecule has 3 aromatic carbocycles. The number of nitrogens with zero attached hydrogens (tertiary/aromatic N) is 1. The van der Waals surface area contributed by atoms with Crippen LogP contribution >= 0.6 is 0 Å². The first-order valence-electron chi connectivity index (χ1n) is 8.78. The van der Waals surface area contributed by atoms with Crippen LogP contribution in [0.5, 0.6) is 23.0 Å². The normalized spacial score (nSPS) is 14.6. The number of para-hydroxylation sites is 3. The van der Waals surface area contributed by atoms with Gasteiger partial charge in [-0.2, -0.15) is 0 Å². The van der Waals surface area contributed by atoms with Gasteiger partial charge in [0.25, 0.3) is 0 Å². The Labute approximate surface area is 147 Å². The monoisotopic (exact) mass is 329 g/mol. The molecule has 2 heterocycles. The van der Waals surface area contributed by atoms with Gasteiger partial charge in [0.05, 0.1) is 11.4 Å². The topological polar surface area (TPSA) is 21.7 Å². The lowest BCUT2D eigenvalue weighted by Gasteiger charge is -2.38. The summed E-state index contributed by atoms with van der Waals surface area (Å²) in [4.78, 5) is 2.25. The molecule has 0 fully saturated rings. The first kappa shape index (κ1) is 14.4. The van der Waals surface area contributed by atoms with Gasteiger partial charge in [-0.25, -0.2) is 0 Å². The SMILES string of the molecule is CCC(C)c1ccc2c(c1)Oc1cccc3c1N2c1ccccc1O3. The molecule has 2 aliphatic heterocycles. The van der Waals surface area contributed by atoms with Crippen molar-refractivity contribution in [3.05, 3.63) is 66.2 Å². The highest BCUT2D eigenvalue weighted by Crippen LogP contribution is 2.59. The van der Waals surface area contributed by atoms with E-state index in [4.69, 9.17) is 9.47 Å². The van der Waals surface area contributed by atoms with E-state index >= 15 is 0 Å². The number of hydrogen-bond donors (Lipinski definition) is 0. The molecule has 3 heteroatoms. The van der Waals surface area contributed by atoms with Gasteiger partial charge in [-0.15, -0.1) is 0 Å². The number of ether oxygens (including phenoxy) is 2. The average molecular weight is 329 g/mol. The fraction of sp³-hybridized carbons (Fsp3) is 0.182. The van der Waals surface area contributed by atoms with Crippen molar-refractivity contribution in [1.82, 2.24) is 0 Å². The van der Waals surface area contributed by atoms with Crippen LogP contribution in [0.2, 0.25) is 0 Å². The Bertz CT molecular complexity index is 980. The van der Waals surface area contributed by atoms with E-state index in [1.807, 2.05) is 36.4 Å². The van der Waals surface area contributed by atoms with E-state index in [-0.39, 0.29) is 0 Å². The molecule has 25 heavy (non-hydrogen) atoms. The Balaban J connectivity index is 1.75. The van der Waals surface area contributed by atoms with Gasteiger partial charge in [0.2, 0.25) is 0 Å². The first-order chi connectivity index (χ1) is 12.3. The lowest BCUT2D eigenvalue weighted by molar-refractivity contribution is 0.445. The highest BCUT2D eigenvalue weighted by atomic mass is 16.5. The number of rotatable bonds is 2. The van der Waals surface area contributed by atoms with Crippen molar-refractivity contribution in [3.8, 4) is 23.0 Å². The highest BCUT2D eigenvalue weighted by Gasteiger charge is 2.34. The van der Waals surface area contributed by atoms with Gasteiger partial charge in [-0.3, -0.25) is 4.90 Å². The summed E-state index contributed by atoms with van der Waals surface area (Å²) in [7, 11) is 0. The summed E-state index contributed by atoms with van der Waals surface area (Å²) in [6.45, 7) is 4.46. The summed E-state index contributed by atoms with van der Waals surface area (Å²) in [6, 6.07) is 20.7. The van der Waals surface area contributed by atoms with Crippen LogP contribution in [0.3, 0.4) is 0 Å². The van der Waals surface area contributed by atoms with E-state index in [1.54, 1.807) is 0 Å². The molecule has 2 aliphatic rings. The van der Waals surface area contributed by atoms with Gasteiger partial charge in [0, 0.05) is 0 Å². The van der Waals surface area contributed by atoms with Crippen LogP contribution in [0.4, 0.5) is 17.1 Å². The molecular formula is C22H19NO2. The van der Waals surface area contributed by atoms with Crippen molar-refractivity contribution in [3.63, 3.8) is 0 Å². The quantitative estimate of drug-likeness (QED) is 0.352. The van der Waals surface area contributed by atoms with Crippen LogP contribution in [-0.2, 0) is 0 Å². The van der Waals surface area contributed by atoms with Crippen LogP contribution in [0, 0.1) is 0 Å². The third-order valence-corrected chi connectivity index (χ3v) is 5.14. The molecule has 3 aromatic rings. The third-order valence-electron chi connectivity index (χ3n) is 5.14. The zero-order valence-electron chi connectivity index (χ0n) is 14.3. The molecule has 1 atom stereocenters. The summed E-state index contributed by atoms with van der Waals surface area (Å²) < 4.78 is 12.3. The highest BCUT2D eigenvalue weighted by molar-refractivity contribution is 5.93. The Hall–Kier alpha value is -2.94. The molecular weight excluding hydrogens is 310 g/mol. The second-order valence-electron chi connectivity index (χ2n) is 6.65. The molecule has 0 radical (unpaired) electrons. The molecule has 0 amide bonds. The predicted molar refractivity (Wildman–Crippen MR) is 100.0 cm³/mol. The van der Waals surface area contributed by atoms with Gasteiger partial charge in [-0.1, -0.05) is 38.1 Å². The molecule has 5 rings (SSSR count). The molecule has 0 bridgehead atoms. The van der Waals surface area contributed by atoms with Gasteiger partial charge in [-0.05, 0) is 54.3 Å². The number of benzene rings is 3. The van der Waals surface area contributed by atoms with E-state index < -0.39 is 0 Å². The summed E-state index contributed by atoms with van der Waals surface area (Å²) in [6.07, 6.45) is 1.11. The molecule has 3 nitrogen and oxygen atoms in total.